The molecule has 0 heterocycles. The van der Waals surface area contributed by atoms with Gasteiger partial charge in [0, 0.05) is 44.2 Å². The van der Waals surface area contributed by atoms with E-state index < -0.39 is 59.4 Å². The van der Waals surface area contributed by atoms with E-state index in [1.807, 2.05) is 27.7 Å². The highest BCUT2D eigenvalue weighted by Gasteiger charge is 2.28. The number of amides is 5. The minimum absolute atomic E-state index is 0.108. The van der Waals surface area contributed by atoms with Crippen molar-refractivity contribution in [1.29, 1.82) is 0 Å². The molecule has 0 aromatic carbocycles. The number of rotatable bonds is 42. The average Bonchev–Trinajstić information content (AvgIpc) is 3.23. The van der Waals surface area contributed by atoms with Gasteiger partial charge in [0.05, 0.1) is 45.7 Å². The van der Waals surface area contributed by atoms with E-state index in [1.54, 1.807) is 13.8 Å². The van der Waals surface area contributed by atoms with Crippen LogP contribution in [0.4, 0.5) is 0 Å². The first-order chi connectivity index (χ1) is 30.0. The molecular weight excluding hydrogens is 827 g/mol. The molecule has 0 aliphatic rings. The monoisotopic (exact) mass is 904 g/mol. The van der Waals surface area contributed by atoms with Gasteiger partial charge >= 0.3 is 0 Å². The summed E-state index contributed by atoms with van der Waals surface area (Å²) in [5.74, 6) is -1.65. The maximum Gasteiger partial charge on any atom is 0.246 e. The lowest BCUT2D eigenvalue weighted by molar-refractivity contribution is -0.133. The molecule has 364 valence electrons. The van der Waals surface area contributed by atoms with Gasteiger partial charge in [0.15, 0.2) is 0 Å². The quantitative estimate of drug-likeness (QED) is 0.0245. The molecule has 2 unspecified atom stereocenters. The summed E-state index contributed by atoms with van der Waals surface area (Å²) in [6, 6.07) is -1.60. The largest absolute Gasteiger partial charge is 0.377 e. The molecule has 0 spiro atoms. The zero-order chi connectivity index (χ0) is 47.4. The molecule has 0 fully saturated rings. The Labute approximate surface area is 372 Å². The van der Waals surface area contributed by atoms with Crippen molar-refractivity contribution in [2.75, 3.05) is 105 Å². The molecule has 0 aromatic heterocycles. The Kier molecular flexibility index (Phi) is 34.0. The maximum absolute atomic E-state index is 12.5. The van der Waals surface area contributed by atoms with Crippen molar-refractivity contribution in [2.24, 2.45) is 16.3 Å². The van der Waals surface area contributed by atoms with Crippen molar-refractivity contribution < 1.29 is 52.5 Å². The highest BCUT2D eigenvalue weighted by atomic mass is 16.5. The van der Waals surface area contributed by atoms with Crippen LogP contribution in [0.5, 0.6) is 0 Å². The second-order valence-corrected chi connectivity index (χ2v) is 16.3. The Balaban J connectivity index is 4.18. The normalized spacial score (nSPS) is 13.5. The van der Waals surface area contributed by atoms with Gasteiger partial charge in [0.2, 0.25) is 29.5 Å². The van der Waals surface area contributed by atoms with Gasteiger partial charge in [-0.1, -0.05) is 10.4 Å². The smallest absolute Gasteiger partial charge is 0.246 e. The standard InChI is InChI=1S/C41H77N9O13/c1-31(49-57)40(4,5)46-16-12-34(13-17-47-41(6,7)32(2)50-58)11-15-44-37(54)28-63-30-39(56)48-35(26-51)10-8-9-14-43-36(53)27-62-29-38(55)45-19-21-60-23-25-61-24-22-59-20-18-42-33(3)52/h26,31-32,34-35,46-47H,8-25,27-30H2,1-7H3,(H,42,52)(H,43,53)(H,44,54)(H,45,55)(H,48,56)/t31?,32?,34?,35-/m0/s1. The van der Waals surface area contributed by atoms with E-state index in [-0.39, 0.29) is 44.8 Å². The van der Waals surface area contributed by atoms with Crippen molar-refractivity contribution in [3.63, 3.8) is 0 Å². The molecule has 7 N–H and O–H groups in total. The predicted molar refractivity (Wildman–Crippen MR) is 236 cm³/mol. The van der Waals surface area contributed by atoms with Gasteiger partial charge in [0.25, 0.3) is 0 Å². The summed E-state index contributed by atoms with van der Waals surface area (Å²) in [4.78, 5) is 93.2. The minimum Gasteiger partial charge on any atom is -0.377 e. The van der Waals surface area contributed by atoms with Gasteiger partial charge in [-0.2, -0.15) is 9.81 Å². The summed E-state index contributed by atoms with van der Waals surface area (Å²) in [5.41, 5.74) is -0.956. The number of nitrogens with zero attached hydrogens (tertiary/aromatic N) is 2. The van der Waals surface area contributed by atoms with E-state index in [9.17, 15) is 38.6 Å². The molecule has 0 rings (SSSR count). The van der Waals surface area contributed by atoms with Crippen LogP contribution in [0.1, 0.15) is 87.0 Å². The zero-order valence-electron chi connectivity index (χ0n) is 38.6. The van der Waals surface area contributed by atoms with Crippen molar-refractivity contribution in [1.82, 2.24) is 37.2 Å². The van der Waals surface area contributed by atoms with Crippen molar-refractivity contribution in [2.45, 2.75) is 116 Å². The highest BCUT2D eigenvalue weighted by Crippen LogP contribution is 2.18. The number of hydrogen-bond donors (Lipinski definition) is 7. The first-order valence-electron chi connectivity index (χ1n) is 21.8. The van der Waals surface area contributed by atoms with E-state index in [1.165, 1.54) is 6.92 Å². The van der Waals surface area contributed by atoms with Crippen molar-refractivity contribution in [3.8, 4) is 0 Å². The number of ether oxygens (including phenoxy) is 5. The summed E-state index contributed by atoms with van der Waals surface area (Å²) in [5, 5.41) is 26.4. The van der Waals surface area contributed by atoms with Crippen LogP contribution in [-0.4, -0.2) is 170 Å². The number of carbonyl (C=O) groups is 6. The summed E-state index contributed by atoms with van der Waals surface area (Å²) >= 11 is 0. The Morgan fingerprint density at radius 2 is 0.937 bits per heavy atom. The van der Waals surface area contributed by atoms with E-state index in [4.69, 9.17) is 23.7 Å². The van der Waals surface area contributed by atoms with Gasteiger partial charge in [-0.3, -0.25) is 24.0 Å². The fourth-order valence-corrected chi connectivity index (χ4v) is 5.47. The van der Waals surface area contributed by atoms with Crippen LogP contribution < -0.4 is 37.2 Å². The van der Waals surface area contributed by atoms with E-state index in [0.29, 0.717) is 97.7 Å². The van der Waals surface area contributed by atoms with Crippen molar-refractivity contribution in [3.05, 3.63) is 9.81 Å². The third kappa shape index (κ3) is 33.2. The van der Waals surface area contributed by atoms with Crippen LogP contribution in [0.15, 0.2) is 10.4 Å². The Hall–Kier alpha value is -4.06. The second kappa shape index (κ2) is 36.3. The molecule has 0 radical (unpaired) electrons. The molecule has 3 atom stereocenters. The Morgan fingerprint density at radius 3 is 1.40 bits per heavy atom. The van der Waals surface area contributed by atoms with Gasteiger partial charge in [-0.15, -0.1) is 0 Å². The van der Waals surface area contributed by atoms with Crippen LogP contribution in [0.3, 0.4) is 0 Å². The molecule has 0 aromatic rings. The third-order valence-electron chi connectivity index (χ3n) is 10.2. The average molecular weight is 904 g/mol. The van der Waals surface area contributed by atoms with E-state index >= 15 is 0 Å². The van der Waals surface area contributed by atoms with Crippen molar-refractivity contribution >= 4 is 35.8 Å². The Bertz CT molecular complexity index is 1290. The predicted octanol–water partition coefficient (Wildman–Crippen LogP) is 0.241. The summed E-state index contributed by atoms with van der Waals surface area (Å²) in [7, 11) is 0. The highest BCUT2D eigenvalue weighted by molar-refractivity contribution is 5.82. The molecule has 0 bridgehead atoms. The summed E-state index contributed by atoms with van der Waals surface area (Å²) < 4.78 is 26.5. The van der Waals surface area contributed by atoms with Crippen LogP contribution in [0.25, 0.3) is 0 Å². The van der Waals surface area contributed by atoms with E-state index in [0.717, 1.165) is 12.8 Å². The molecule has 5 amide bonds. The van der Waals surface area contributed by atoms with Gasteiger partial charge < -0.3 is 65.7 Å². The number of carbonyl (C=O) groups excluding carboxylic acids is 6. The first kappa shape index (κ1) is 58.9. The molecule has 0 aliphatic heterocycles. The van der Waals surface area contributed by atoms with Crippen LogP contribution >= 0.6 is 0 Å². The summed E-state index contributed by atoms with van der Waals surface area (Å²) in [6.45, 7) is 16.1. The minimum atomic E-state index is -0.766. The topological polar surface area (TPSA) is 292 Å². The SMILES string of the molecule is CC(=O)NCCOCCOCCOCCNC(=O)COCC(=O)NCCCC[C@@H](C=O)NC(=O)COCC(=O)NCCC(CCNC(C)(C)C(C)N=O)CCNC(C)(C)C(C)N=O. The van der Waals surface area contributed by atoms with Gasteiger partial charge in [-0.25, -0.2) is 0 Å². The fourth-order valence-electron chi connectivity index (χ4n) is 5.47. The van der Waals surface area contributed by atoms with Gasteiger partial charge in [-0.05, 0) is 99.1 Å². The number of nitrogens with one attached hydrogen (secondary N) is 7. The van der Waals surface area contributed by atoms with Crippen LogP contribution in [0.2, 0.25) is 0 Å². The number of unbranched alkanes of at least 4 members (excludes halogenated alkanes) is 1. The second-order valence-electron chi connectivity index (χ2n) is 16.3. The van der Waals surface area contributed by atoms with Gasteiger partial charge in [0.1, 0.15) is 44.8 Å². The molecule has 0 saturated carbocycles. The van der Waals surface area contributed by atoms with Crippen LogP contribution in [0, 0.1) is 15.7 Å². The molecule has 22 heteroatoms. The van der Waals surface area contributed by atoms with Crippen LogP contribution in [-0.2, 0) is 52.5 Å². The number of nitroso groups, excluding NO2 is 2. The lowest BCUT2D eigenvalue weighted by Crippen LogP contribution is -2.48. The fraction of sp³-hybridized carbons (Fsp3) is 0.854. The lowest BCUT2D eigenvalue weighted by atomic mass is 9.92. The molecule has 63 heavy (non-hydrogen) atoms. The molecular formula is C41H77N9O13. The first-order valence-corrected chi connectivity index (χ1v) is 21.8. The maximum atomic E-state index is 12.5. The Morgan fingerprint density at radius 1 is 0.524 bits per heavy atom. The number of aldehydes is 1. The zero-order valence-corrected chi connectivity index (χ0v) is 38.6. The number of hydrogen-bond acceptors (Lipinski definition) is 17. The van der Waals surface area contributed by atoms with E-state index in [2.05, 4.69) is 47.6 Å². The third-order valence-corrected chi connectivity index (χ3v) is 10.2. The molecule has 0 saturated heterocycles. The lowest BCUT2D eigenvalue weighted by Gasteiger charge is -2.31. The molecule has 0 aliphatic carbocycles. The summed E-state index contributed by atoms with van der Waals surface area (Å²) in [6.07, 6.45) is 4.20. The molecule has 22 nitrogen and oxygen atoms in total.